The van der Waals surface area contributed by atoms with Crippen molar-refractivity contribution in [3.63, 3.8) is 0 Å². The van der Waals surface area contributed by atoms with Gasteiger partial charge in [0, 0.05) is 28.8 Å². The highest BCUT2D eigenvalue weighted by molar-refractivity contribution is 5.53. The smallest absolute Gasteiger partial charge is 0.248 e. The second kappa shape index (κ2) is 4.72. The van der Waals surface area contributed by atoms with Crippen LogP contribution in [0.1, 0.15) is 46.2 Å². The molecule has 2 aromatic carbocycles. The lowest BCUT2D eigenvalue weighted by molar-refractivity contribution is -0.549. The van der Waals surface area contributed by atoms with Crippen molar-refractivity contribution in [1.29, 1.82) is 0 Å². The summed E-state index contributed by atoms with van der Waals surface area (Å²) in [4.78, 5) is 16.9. The highest BCUT2D eigenvalue weighted by Crippen LogP contribution is 2.65. The van der Waals surface area contributed by atoms with Crippen LogP contribution in [0.15, 0.2) is 48.5 Å². The zero-order valence-electron chi connectivity index (χ0n) is 14.8. The van der Waals surface area contributed by atoms with Gasteiger partial charge < -0.3 is 0 Å². The molecule has 132 valence electrons. The Morgan fingerprint density at radius 3 is 1.88 bits per heavy atom. The van der Waals surface area contributed by atoms with Crippen molar-refractivity contribution in [3.05, 3.63) is 80.9 Å². The Balaban J connectivity index is 1.72. The third-order valence-electron chi connectivity index (χ3n) is 7.53. The fourth-order valence-corrected chi connectivity index (χ4v) is 6.82. The molecule has 0 saturated carbocycles. The molecule has 0 spiro atoms. The third-order valence-corrected chi connectivity index (χ3v) is 7.53. The highest BCUT2D eigenvalue weighted by Gasteiger charge is 2.68. The summed E-state index contributed by atoms with van der Waals surface area (Å²) in [5, 5.41) is 12.3. The molecule has 5 heteroatoms. The Kier molecular flexibility index (Phi) is 2.70. The SMILES string of the molecule is CN1[C@@H]2[C@H]3c4ccccc4[C@@H]1[C@@H]1c4ccccc4[C@@H]([C@H]2[N+](=O)[O-])N(C)[C@@H]13. The predicted molar refractivity (Wildman–Crippen MR) is 97.7 cm³/mol. The molecule has 7 rings (SSSR count). The number of nitro groups is 1. The van der Waals surface area contributed by atoms with E-state index in [9.17, 15) is 10.1 Å². The Labute approximate surface area is 152 Å². The zero-order chi connectivity index (χ0) is 17.7. The van der Waals surface area contributed by atoms with Crippen LogP contribution < -0.4 is 0 Å². The van der Waals surface area contributed by atoms with Gasteiger partial charge in [0.2, 0.25) is 6.04 Å². The molecular formula is C21H21N3O2. The number of benzene rings is 2. The lowest BCUT2D eigenvalue weighted by Gasteiger charge is -2.67. The van der Waals surface area contributed by atoms with E-state index in [0.717, 1.165) is 0 Å². The Bertz CT molecular complexity index is 944. The van der Waals surface area contributed by atoms with E-state index >= 15 is 0 Å². The number of piperidine rings is 2. The fourth-order valence-electron chi connectivity index (χ4n) is 6.82. The van der Waals surface area contributed by atoms with Crippen molar-refractivity contribution < 1.29 is 4.92 Å². The van der Waals surface area contributed by atoms with Crippen molar-refractivity contribution in [1.82, 2.24) is 9.80 Å². The summed E-state index contributed by atoms with van der Waals surface area (Å²) in [7, 11) is 4.21. The molecular weight excluding hydrogens is 326 g/mol. The molecule has 5 aliphatic rings. The molecule has 0 radical (unpaired) electrons. The quantitative estimate of drug-likeness (QED) is 0.588. The minimum atomic E-state index is -0.607. The first-order chi connectivity index (χ1) is 12.6. The summed E-state index contributed by atoms with van der Waals surface area (Å²) >= 11 is 0. The van der Waals surface area contributed by atoms with Gasteiger partial charge in [-0.3, -0.25) is 19.9 Å². The van der Waals surface area contributed by atoms with Crippen molar-refractivity contribution in [2.75, 3.05) is 14.1 Å². The van der Waals surface area contributed by atoms with Crippen LogP contribution in [0.3, 0.4) is 0 Å². The van der Waals surface area contributed by atoms with E-state index < -0.39 is 6.04 Å². The van der Waals surface area contributed by atoms with Crippen LogP contribution in [0.25, 0.3) is 0 Å². The van der Waals surface area contributed by atoms with Gasteiger partial charge in [-0.15, -0.1) is 0 Å². The molecule has 1 aliphatic carbocycles. The van der Waals surface area contributed by atoms with Crippen LogP contribution in [0, 0.1) is 10.1 Å². The summed E-state index contributed by atoms with van der Waals surface area (Å²) in [6, 6.07) is 16.8. The average molecular weight is 347 g/mol. The number of hydrogen-bond donors (Lipinski definition) is 0. The van der Waals surface area contributed by atoms with Crippen LogP contribution in [0.5, 0.6) is 0 Å². The molecule has 0 N–H and O–H groups in total. The first-order valence-electron chi connectivity index (χ1n) is 9.36. The minimum absolute atomic E-state index is 0.0149. The first-order valence-corrected chi connectivity index (χ1v) is 9.36. The van der Waals surface area contributed by atoms with Gasteiger partial charge in [0.25, 0.3) is 0 Å². The summed E-state index contributed by atoms with van der Waals surface area (Å²) < 4.78 is 0. The molecule has 0 unspecified atom stereocenters. The van der Waals surface area contributed by atoms with Crippen molar-refractivity contribution in [3.8, 4) is 0 Å². The summed E-state index contributed by atoms with van der Waals surface area (Å²) in [5.41, 5.74) is 5.18. The topological polar surface area (TPSA) is 49.6 Å². The van der Waals surface area contributed by atoms with Crippen molar-refractivity contribution in [2.45, 2.75) is 42.0 Å². The molecule has 2 aromatic rings. The first kappa shape index (κ1) is 14.9. The van der Waals surface area contributed by atoms with Crippen LogP contribution in [-0.2, 0) is 0 Å². The van der Waals surface area contributed by atoms with Gasteiger partial charge >= 0.3 is 0 Å². The van der Waals surface area contributed by atoms with Gasteiger partial charge in [-0.25, -0.2) is 0 Å². The molecule has 2 saturated heterocycles. The summed E-state index contributed by atoms with van der Waals surface area (Å²) in [6.45, 7) is 0. The average Bonchev–Trinajstić information content (AvgIpc) is 2.64. The van der Waals surface area contributed by atoms with E-state index in [1.54, 1.807) is 0 Å². The second-order valence-corrected chi connectivity index (χ2v) is 8.29. The molecule has 5 nitrogen and oxygen atoms in total. The zero-order valence-corrected chi connectivity index (χ0v) is 14.8. The normalized spacial score (nSPS) is 39.5. The number of nitrogens with zero attached hydrogens (tertiary/aromatic N) is 3. The third kappa shape index (κ3) is 1.47. The van der Waals surface area contributed by atoms with E-state index in [0.29, 0.717) is 12.0 Å². The van der Waals surface area contributed by atoms with Gasteiger partial charge in [0.15, 0.2) is 0 Å². The van der Waals surface area contributed by atoms with Crippen LogP contribution in [0.2, 0.25) is 0 Å². The number of likely N-dealkylation sites (N-methyl/N-ethyl adjacent to an activating group) is 2. The highest BCUT2D eigenvalue weighted by atomic mass is 16.6. The predicted octanol–water partition coefficient (Wildman–Crippen LogP) is 2.94. The van der Waals surface area contributed by atoms with E-state index in [4.69, 9.17) is 0 Å². The fraction of sp³-hybridized carbons (Fsp3) is 0.429. The second-order valence-electron chi connectivity index (χ2n) is 8.29. The van der Waals surface area contributed by atoms with Crippen molar-refractivity contribution >= 4 is 0 Å². The maximum absolute atomic E-state index is 12.3. The van der Waals surface area contributed by atoms with E-state index in [1.807, 2.05) is 6.07 Å². The minimum Gasteiger partial charge on any atom is -0.289 e. The van der Waals surface area contributed by atoms with Gasteiger partial charge in [-0.05, 0) is 36.3 Å². The largest absolute Gasteiger partial charge is 0.289 e. The van der Waals surface area contributed by atoms with Crippen LogP contribution >= 0.6 is 0 Å². The Morgan fingerprint density at radius 2 is 1.27 bits per heavy atom. The summed E-state index contributed by atoms with van der Waals surface area (Å²) in [5.74, 6) is 0.567. The standard InChI is InChI=1S/C21H21N3O2/c1-22-17-13-9-5-3-7-11(13)16-19-15(17)12-8-4-6-10-14(12)18(23(19)2)21(20(16)22)24(25)26/h3-10,15-21H,1-2H3/t15-,16-,17+,18-,19-,20+,21+/m0/s1. The van der Waals surface area contributed by atoms with E-state index in [1.165, 1.54) is 22.3 Å². The van der Waals surface area contributed by atoms with Gasteiger partial charge in [0.05, 0.1) is 6.04 Å². The maximum Gasteiger partial charge on any atom is 0.248 e. The lowest BCUT2D eigenvalue weighted by Crippen LogP contribution is -2.73. The molecule has 0 aromatic heterocycles. The summed E-state index contributed by atoms with van der Waals surface area (Å²) in [6.07, 6.45) is 0. The number of rotatable bonds is 1. The molecule has 26 heavy (non-hydrogen) atoms. The number of fused-ring (bicyclic) bond motifs is 3. The molecule has 7 atom stereocenters. The Morgan fingerprint density at radius 1 is 0.769 bits per heavy atom. The number of hydrogen-bond acceptors (Lipinski definition) is 4. The van der Waals surface area contributed by atoms with E-state index in [-0.39, 0.29) is 29.0 Å². The maximum atomic E-state index is 12.3. The van der Waals surface area contributed by atoms with Gasteiger partial charge in [0.1, 0.15) is 6.04 Å². The van der Waals surface area contributed by atoms with Gasteiger partial charge in [-0.1, -0.05) is 48.5 Å². The molecule has 4 aliphatic heterocycles. The molecule has 5 bridgehead atoms. The van der Waals surface area contributed by atoms with Crippen LogP contribution in [-0.4, -0.2) is 46.9 Å². The lowest BCUT2D eigenvalue weighted by atomic mass is 9.53. The molecule has 0 amide bonds. The van der Waals surface area contributed by atoms with Crippen molar-refractivity contribution in [2.24, 2.45) is 0 Å². The molecule has 2 fully saturated rings. The van der Waals surface area contributed by atoms with E-state index in [2.05, 4.69) is 66.4 Å². The van der Waals surface area contributed by atoms with Crippen LogP contribution in [0.4, 0.5) is 0 Å². The Hall–Kier alpha value is -2.24. The van der Waals surface area contributed by atoms with Gasteiger partial charge in [-0.2, -0.15) is 0 Å². The monoisotopic (exact) mass is 347 g/mol. The molecule has 4 heterocycles.